The summed E-state index contributed by atoms with van der Waals surface area (Å²) in [5, 5.41) is 17.4. The molecule has 0 saturated heterocycles. The number of para-hydroxylation sites is 2. The lowest BCUT2D eigenvalue weighted by molar-refractivity contribution is -0.149. The maximum absolute atomic E-state index is 13.3. The molecule has 0 fully saturated rings. The van der Waals surface area contributed by atoms with E-state index in [1.54, 1.807) is 14.2 Å². The highest BCUT2D eigenvalue weighted by molar-refractivity contribution is 6.31. The molecule has 180 valence electrons. The van der Waals surface area contributed by atoms with Gasteiger partial charge in [-0.25, -0.2) is 0 Å². The van der Waals surface area contributed by atoms with E-state index in [4.69, 9.17) is 14.2 Å². The SMILES string of the molecule is COC1=C(CO)OC2CC1(OC)n1c3ccccc3c3c4c(c5c6ccccc6n2c5c31)C(=O)NC4. The van der Waals surface area contributed by atoms with Crippen molar-refractivity contribution in [3.05, 3.63) is 71.2 Å². The molecule has 0 spiro atoms. The number of carbonyl (C=O) groups excluding carboxylic acids is 1. The molecule has 2 aromatic heterocycles. The summed E-state index contributed by atoms with van der Waals surface area (Å²) in [5.74, 6) is 0.725. The van der Waals surface area contributed by atoms with Crippen LogP contribution in [0, 0.1) is 0 Å². The predicted octanol–water partition coefficient (Wildman–Crippen LogP) is 4.23. The van der Waals surface area contributed by atoms with Gasteiger partial charge >= 0.3 is 0 Å². The van der Waals surface area contributed by atoms with Gasteiger partial charge < -0.3 is 33.8 Å². The Balaban J connectivity index is 1.75. The van der Waals surface area contributed by atoms with Gasteiger partial charge in [-0.15, -0.1) is 0 Å². The van der Waals surface area contributed by atoms with Crippen molar-refractivity contribution < 1.29 is 24.1 Å². The fourth-order valence-electron chi connectivity index (χ4n) is 6.95. The Labute approximate surface area is 205 Å². The van der Waals surface area contributed by atoms with Crippen LogP contribution in [-0.4, -0.2) is 41.0 Å². The maximum Gasteiger partial charge on any atom is 0.252 e. The first-order valence-corrected chi connectivity index (χ1v) is 12.0. The number of amides is 1. The molecule has 2 bridgehead atoms. The molecule has 0 aliphatic carbocycles. The lowest BCUT2D eigenvalue weighted by Gasteiger charge is -2.42. The zero-order valence-electron chi connectivity index (χ0n) is 19.8. The van der Waals surface area contributed by atoms with Crippen molar-refractivity contribution in [3.63, 3.8) is 0 Å². The lowest BCUT2D eigenvalue weighted by atomic mass is 9.97. The molecule has 36 heavy (non-hydrogen) atoms. The second kappa shape index (κ2) is 6.60. The molecule has 1 amide bonds. The zero-order chi connectivity index (χ0) is 24.3. The largest absolute Gasteiger partial charge is 0.493 e. The molecule has 8 heteroatoms. The van der Waals surface area contributed by atoms with Crippen LogP contribution in [0.5, 0.6) is 0 Å². The second-order valence-electron chi connectivity index (χ2n) is 9.60. The number of carbonyl (C=O) groups is 1. The number of nitrogens with zero attached hydrogens (tertiary/aromatic N) is 2. The van der Waals surface area contributed by atoms with Gasteiger partial charge in [0.05, 0.1) is 41.2 Å². The summed E-state index contributed by atoms with van der Waals surface area (Å²) >= 11 is 0. The zero-order valence-corrected chi connectivity index (χ0v) is 19.8. The van der Waals surface area contributed by atoms with Crippen molar-refractivity contribution in [1.82, 2.24) is 14.5 Å². The van der Waals surface area contributed by atoms with Crippen molar-refractivity contribution in [1.29, 1.82) is 0 Å². The first-order chi connectivity index (χ1) is 17.6. The standard InChI is InChI=1S/C28H23N3O5/c1-34-26-19(13-32)36-20-11-28(26,35-2)31-18-10-6-4-8-15(18)21-16-12-29-27(33)23(16)22-14-7-3-5-9-17(14)30(20)24(22)25(21)31/h3-10,20,32H,11-13H2,1-2H3,(H,29,33). The van der Waals surface area contributed by atoms with E-state index in [1.807, 2.05) is 24.3 Å². The van der Waals surface area contributed by atoms with Crippen LogP contribution in [0.1, 0.15) is 28.6 Å². The van der Waals surface area contributed by atoms with Gasteiger partial charge in [0, 0.05) is 35.2 Å². The summed E-state index contributed by atoms with van der Waals surface area (Å²) in [6.45, 7) is 0.133. The van der Waals surface area contributed by atoms with Gasteiger partial charge in [0.1, 0.15) is 6.61 Å². The topological polar surface area (TPSA) is 86.9 Å². The molecular formula is C28H23N3O5. The highest BCUT2D eigenvalue weighted by Crippen LogP contribution is 2.55. The number of methoxy groups -OCH3 is 2. The van der Waals surface area contributed by atoms with Gasteiger partial charge in [0.25, 0.3) is 5.91 Å². The van der Waals surface area contributed by atoms with Crippen molar-refractivity contribution in [3.8, 4) is 0 Å². The normalized spacial score (nSPS) is 22.5. The van der Waals surface area contributed by atoms with Gasteiger partial charge in [-0.2, -0.15) is 0 Å². The number of hydrogen-bond donors (Lipinski definition) is 2. The smallest absolute Gasteiger partial charge is 0.252 e. The van der Waals surface area contributed by atoms with Crippen LogP contribution < -0.4 is 5.32 Å². The van der Waals surface area contributed by atoms with E-state index >= 15 is 0 Å². The molecule has 3 aromatic carbocycles. The molecule has 2 N–H and O–H groups in total. The number of aliphatic hydroxyl groups excluding tert-OH is 1. The number of aromatic nitrogens is 2. The quantitative estimate of drug-likeness (QED) is 0.403. The van der Waals surface area contributed by atoms with Gasteiger partial charge in [-0.1, -0.05) is 36.4 Å². The van der Waals surface area contributed by atoms with Crippen LogP contribution >= 0.6 is 0 Å². The first-order valence-electron chi connectivity index (χ1n) is 12.0. The molecule has 2 unspecified atom stereocenters. The number of fused-ring (bicyclic) bond motifs is 13. The van der Waals surface area contributed by atoms with Crippen LogP contribution in [0.15, 0.2) is 60.0 Å². The minimum Gasteiger partial charge on any atom is -0.493 e. The number of rotatable bonds is 3. The summed E-state index contributed by atoms with van der Waals surface area (Å²) in [5.41, 5.74) is 4.49. The van der Waals surface area contributed by atoms with Crippen LogP contribution in [-0.2, 0) is 26.5 Å². The molecule has 8 rings (SSSR count). The highest BCUT2D eigenvalue weighted by Gasteiger charge is 2.52. The minimum atomic E-state index is -1.06. The predicted molar refractivity (Wildman–Crippen MR) is 134 cm³/mol. The fraction of sp³-hybridized carbons (Fsp3) is 0.250. The Bertz CT molecular complexity index is 1840. The summed E-state index contributed by atoms with van der Waals surface area (Å²) in [4.78, 5) is 13.3. The fourth-order valence-corrected chi connectivity index (χ4v) is 6.95. The molecule has 2 atom stereocenters. The van der Waals surface area contributed by atoms with E-state index in [0.717, 1.165) is 54.7 Å². The van der Waals surface area contributed by atoms with Crippen molar-refractivity contribution >= 4 is 49.5 Å². The number of benzene rings is 3. The van der Waals surface area contributed by atoms with E-state index in [1.165, 1.54) is 0 Å². The van der Waals surface area contributed by atoms with Crippen LogP contribution in [0.25, 0.3) is 43.6 Å². The lowest BCUT2D eigenvalue weighted by Crippen LogP contribution is -2.44. The van der Waals surface area contributed by atoms with Crippen LogP contribution in [0.2, 0.25) is 0 Å². The number of nitrogens with one attached hydrogen (secondary N) is 1. The van der Waals surface area contributed by atoms with Gasteiger partial charge in [-0.3, -0.25) is 4.79 Å². The van der Waals surface area contributed by atoms with Crippen molar-refractivity contribution in [2.75, 3.05) is 20.8 Å². The molecule has 3 aliphatic rings. The van der Waals surface area contributed by atoms with E-state index in [0.29, 0.717) is 24.5 Å². The monoisotopic (exact) mass is 481 g/mol. The Morgan fingerprint density at radius 2 is 1.78 bits per heavy atom. The molecule has 5 aromatic rings. The van der Waals surface area contributed by atoms with E-state index < -0.39 is 12.0 Å². The van der Waals surface area contributed by atoms with Gasteiger partial charge in [0.15, 0.2) is 17.7 Å². The average molecular weight is 482 g/mol. The summed E-state index contributed by atoms with van der Waals surface area (Å²) in [7, 11) is 3.26. The molecule has 0 saturated carbocycles. The molecule has 8 nitrogen and oxygen atoms in total. The Hall–Kier alpha value is -4.01. The van der Waals surface area contributed by atoms with Crippen LogP contribution in [0.4, 0.5) is 0 Å². The average Bonchev–Trinajstić information content (AvgIpc) is 3.55. The van der Waals surface area contributed by atoms with Crippen molar-refractivity contribution in [2.24, 2.45) is 0 Å². The third-order valence-electron chi connectivity index (χ3n) is 8.19. The van der Waals surface area contributed by atoms with Gasteiger partial charge in [-0.05, 0) is 17.7 Å². The maximum atomic E-state index is 13.3. The molecule has 3 aliphatic heterocycles. The number of aliphatic hydroxyl groups is 1. The summed E-state index contributed by atoms with van der Waals surface area (Å²) in [6, 6.07) is 16.3. The first kappa shape index (κ1) is 20.2. The third kappa shape index (κ3) is 2.05. The Morgan fingerprint density at radius 1 is 1.06 bits per heavy atom. The minimum absolute atomic E-state index is 0.0621. The highest BCUT2D eigenvalue weighted by atomic mass is 16.6. The summed E-state index contributed by atoms with van der Waals surface area (Å²) < 4.78 is 23.1. The Kier molecular flexibility index (Phi) is 3.70. The number of ether oxygens (including phenoxy) is 3. The molecule has 5 heterocycles. The van der Waals surface area contributed by atoms with E-state index in [2.05, 4.69) is 38.7 Å². The Morgan fingerprint density at radius 3 is 2.50 bits per heavy atom. The molecular weight excluding hydrogens is 458 g/mol. The molecule has 0 radical (unpaired) electrons. The van der Waals surface area contributed by atoms with Crippen molar-refractivity contribution in [2.45, 2.75) is 24.9 Å². The van der Waals surface area contributed by atoms with E-state index in [-0.39, 0.29) is 12.5 Å². The van der Waals surface area contributed by atoms with E-state index in [9.17, 15) is 9.90 Å². The van der Waals surface area contributed by atoms with Crippen LogP contribution in [0.3, 0.4) is 0 Å². The third-order valence-corrected chi connectivity index (χ3v) is 8.19. The number of hydrogen-bond acceptors (Lipinski definition) is 5. The summed E-state index contributed by atoms with van der Waals surface area (Å²) in [6.07, 6.45) is -0.0683. The van der Waals surface area contributed by atoms with Gasteiger partial charge in [0.2, 0.25) is 5.72 Å². The second-order valence-corrected chi connectivity index (χ2v) is 9.60.